The smallest absolute Gasteiger partial charge is 0.270 e. The molecule has 0 saturated carbocycles. The maximum atomic E-state index is 12.4. The second-order valence-electron chi connectivity index (χ2n) is 6.27. The second kappa shape index (κ2) is 7.73. The van der Waals surface area contributed by atoms with Gasteiger partial charge in [-0.05, 0) is 31.0 Å². The molecule has 2 aromatic carbocycles. The Hall–Kier alpha value is -2.96. The molecule has 0 aromatic heterocycles. The van der Waals surface area contributed by atoms with Crippen LogP contribution < -0.4 is 9.62 Å². The molecule has 0 radical (unpaired) electrons. The van der Waals surface area contributed by atoms with Crippen molar-refractivity contribution in [2.75, 3.05) is 18.0 Å². The zero-order valence-electron chi connectivity index (χ0n) is 14.4. The fourth-order valence-electron chi connectivity index (χ4n) is 3.13. The molecule has 1 saturated heterocycles. The molecule has 3 rings (SSSR count). The van der Waals surface area contributed by atoms with Crippen molar-refractivity contribution in [1.82, 2.24) is 4.72 Å². The highest BCUT2D eigenvalue weighted by atomic mass is 32.2. The van der Waals surface area contributed by atoms with E-state index in [1.54, 1.807) is 36.4 Å². The molecule has 0 amide bonds. The Kier molecular flexibility index (Phi) is 5.39. The van der Waals surface area contributed by atoms with Gasteiger partial charge in [0.05, 0.1) is 21.1 Å². The summed E-state index contributed by atoms with van der Waals surface area (Å²) in [4.78, 5) is 12.5. The molecule has 2 aromatic rings. The van der Waals surface area contributed by atoms with Crippen LogP contribution in [0, 0.1) is 21.4 Å². The van der Waals surface area contributed by atoms with Crippen LogP contribution in [0.15, 0.2) is 53.4 Å². The lowest BCUT2D eigenvalue weighted by molar-refractivity contribution is -0.384. The Balaban J connectivity index is 1.68. The van der Waals surface area contributed by atoms with Crippen LogP contribution in [-0.2, 0) is 10.0 Å². The third-order valence-corrected chi connectivity index (χ3v) is 6.06. The Morgan fingerprint density at radius 3 is 2.41 bits per heavy atom. The molecule has 9 heteroatoms. The molecule has 1 aliphatic rings. The van der Waals surface area contributed by atoms with Crippen molar-refractivity contribution in [2.24, 2.45) is 0 Å². The van der Waals surface area contributed by atoms with Crippen LogP contribution in [0.5, 0.6) is 0 Å². The first kappa shape index (κ1) is 18.8. The zero-order chi connectivity index (χ0) is 19.4. The van der Waals surface area contributed by atoms with E-state index in [1.807, 2.05) is 11.0 Å². The van der Waals surface area contributed by atoms with Crippen molar-refractivity contribution < 1.29 is 13.3 Å². The average molecular weight is 386 g/mol. The molecular weight excluding hydrogens is 368 g/mol. The summed E-state index contributed by atoms with van der Waals surface area (Å²) >= 11 is 0. The largest absolute Gasteiger partial charge is 0.370 e. The molecule has 0 unspecified atom stereocenters. The third kappa shape index (κ3) is 4.24. The predicted molar refractivity (Wildman–Crippen MR) is 99.8 cm³/mol. The molecular formula is C18H18N4O4S. The van der Waals surface area contributed by atoms with Gasteiger partial charge in [-0.2, -0.15) is 5.26 Å². The highest BCUT2D eigenvalue weighted by molar-refractivity contribution is 7.89. The molecule has 1 N–H and O–H groups in total. The van der Waals surface area contributed by atoms with Gasteiger partial charge in [-0.3, -0.25) is 10.1 Å². The monoisotopic (exact) mass is 386 g/mol. The first-order chi connectivity index (χ1) is 12.9. The summed E-state index contributed by atoms with van der Waals surface area (Å²) in [5, 5.41) is 20.2. The Morgan fingerprint density at radius 2 is 1.81 bits per heavy atom. The van der Waals surface area contributed by atoms with Crippen molar-refractivity contribution in [1.29, 1.82) is 5.26 Å². The van der Waals surface area contributed by atoms with E-state index in [4.69, 9.17) is 0 Å². The van der Waals surface area contributed by atoms with Crippen LogP contribution in [0.1, 0.15) is 18.4 Å². The van der Waals surface area contributed by atoms with Gasteiger partial charge in [0, 0.05) is 31.3 Å². The maximum Gasteiger partial charge on any atom is 0.270 e. The summed E-state index contributed by atoms with van der Waals surface area (Å²) in [5.74, 6) is 0. The van der Waals surface area contributed by atoms with Crippen LogP contribution in [0.25, 0.3) is 0 Å². The first-order valence-electron chi connectivity index (χ1n) is 8.41. The van der Waals surface area contributed by atoms with Crippen LogP contribution in [-0.4, -0.2) is 32.5 Å². The maximum absolute atomic E-state index is 12.4. The number of sulfonamides is 1. The third-order valence-electron chi connectivity index (χ3n) is 4.52. The summed E-state index contributed by atoms with van der Waals surface area (Å²) < 4.78 is 27.6. The van der Waals surface area contributed by atoms with Gasteiger partial charge in [-0.25, -0.2) is 13.1 Å². The van der Waals surface area contributed by atoms with Crippen molar-refractivity contribution in [2.45, 2.75) is 23.8 Å². The summed E-state index contributed by atoms with van der Waals surface area (Å²) in [6.45, 7) is 1.10. The van der Waals surface area contributed by atoms with E-state index < -0.39 is 14.9 Å². The van der Waals surface area contributed by atoms with E-state index in [0.717, 1.165) is 0 Å². The van der Waals surface area contributed by atoms with Crippen LogP contribution in [0.2, 0.25) is 0 Å². The number of benzene rings is 2. The minimum atomic E-state index is -3.57. The Morgan fingerprint density at radius 1 is 1.15 bits per heavy atom. The summed E-state index contributed by atoms with van der Waals surface area (Å²) in [6, 6.07) is 14.2. The van der Waals surface area contributed by atoms with Crippen LogP contribution in [0.4, 0.5) is 11.4 Å². The minimum absolute atomic E-state index is 0.124. The van der Waals surface area contributed by atoms with Gasteiger partial charge < -0.3 is 4.90 Å². The van der Waals surface area contributed by atoms with Gasteiger partial charge in [-0.15, -0.1) is 0 Å². The lowest BCUT2D eigenvalue weighted by atomic mass is 10.0. The number of rotatable bonds is 5. The SMILES string of the molecule is N#Cc1cc([N+](=O)[O-])ccc1N1CCC(NS(=O)(=O)c2ccccc2)CC1. The first-order valence-corrected chi connectivity index (χ1v) is 9.90. The number of hydrogen-bond acceptors (Lipinski definition) is 6. The Bertz CT molecular complexity index is 978. The number of nitro groups is 1. The second-order valence-corrected chi connectivity index (χ2v) is 7.98. The van der Waals surface area contributed by atoms with Gasteiger partial charge in [0.2, 0.25) is 10.0 Å². The fourth-order valence-corrected chi connectivity index (χ4v) is 4.45. The normalized spacial score (nSPS) is 15.3. The highest BCUT2D eigenvalue weighted by Gasteiger charge is 2.26. The number of nitriles is 1. The fraction of sp³-hybridized carbons (Fsp3) is 0.278. The van der Waals surface area contributed by atoms with Crippen molar-refractivity contribution in [3.05, 3.63) is 64.2 Å². The predicted octanol–water partition coefficient (Wildman–Crippen LogP) is 2.41. The van der Waals surface area contributed by atoms with Gasteiger partial charge in [0.15, 0.2) is 0 Å². The van der Waals surface area contributed by atoms with Crippen molar-refractivity contribution >= 4 is 21.4 Å². The molecule has 1 fully saturated rings. The van der Waals surface area contributed by atoms with Crippen LogP contribution >= 0.6 is 0 Å². The number of non-ortho nitro benzene ring substituents is 1. The molecule has 140 valence electrons. The van der Waals surface area contributed by atoms with Crippen molar-refractivity contribution in [3.63, 3.8) is 0 Å². The topological polar surface area (TPSA) is 116 Å². The zero-order valence-corrected chi connectivity index (χ0v) is 15.2. The molecule has 27 heavy (non-hydrogen) atoms. The van der Waals surface area contributed by atoms with Crippen LogP contribution in [0.3, 0.4) is 0 Å². The van der Waals surface area contributed by atoms with Gasteiger partial charge in [0.25, 0.3) is 5.69 Å². The van der Waals surface area contributed by atoms with E-state index >= 15 is 0 Å². The number of hydrogen-bond donors (Lipinski definition) is 1. The van der Waals surface area contributed by atoms with E-state index in [1.165, 1.54) is 12.1 Å². The standard InChI is InChI=1S/C18H18N4O4S/c19-13-14-12-16(22(23)24)6-7-18(14)21-10-8-15(9-11-21)20-27(25,26)17-4-2-1-3-5-17/h1-7,12,15,20H,8-11H2. The summed E-state index contributed by atoms with van der Waals surface area (Å²) in [7, 11) is -3.57. The van der Waals surface area contributed by atoms with Gasteiger partial charge >= 0.3 is 0 Å². The highest BCUT2D eigenvalue weighted by Crippen LogP contribution is 2.27. The number of nitrogens with zero attached hydrogens (tertiary/aromatic N) is 3. The molecule has 0 aliphatic carbocycles. The molecule has 0 bridgehead atoms. The van der Waals surface area contributed by atoms with E-state index in [2.05, 4.69) is 4.72 Å². The van der Waals surface area contributed by atoms with Gasteiger partial charge in [0.1, 0.15) is 6.07 Å². The Labute approximate surface area is 157 Å². The van der Waals surface area contributed by atoms with E-state index in [-0.39, 0.29) is 22.2 Å². The minimum Gasteiger partial charge on any atom is -0.370 e. The van der Waals surface area contributed by atoms with E-state index in [0.29, 0.717) is 31.6 Å². The number of nitro benzene ring substituents is 1. The number of nitrogens with one attached hydrogen (secondary N) is 1. The van der Waals surface area contributed by atoms with Crippen molar-refractivity contribution in [3.8, 4) is 6.07 Å². The number of piperidine rings is 1. The molecule has 0 spiro atoms. The molecule has 8 nitrogen and oxygen atoms in total. The molecule has 0 atom stereocenters. The lowest BCUT2D eigenvalue weighted by Gasteiger charge is -2.34. The lowest BCUT2D eigenvalue weighted by Crippen LogP contribution is -2.44. The molecule has 1 heterocycles. The van der Waals surface area contributed by atoms with Gasteiger partial charge in [-0.1, -0.05) is 18.2 Å². The molecule has 1 aliphatic heterocycles. The number of anilines is 1. The summed E-state index contributed by atoms with van der Waals surface area (Å²) in [6.07, 6.45) is 1.15. The summed E-state index contributed by atoms with van der Waals surface area (Å²) in [5.41, 5.74) is 0.751. The quantitative estimate of drug-likeness (QED) is 0.623. The van der Waals surface area contributed by atoms with E-state index in [9.17, 15) is 23.8 Å². The average Bonchev–Trinajstić information content (AvgIpc) is 2.68.